The number of sulfonamides is 1. The van der Waals surface area contributed by atoms with E-state index in [2.05, 4.69) is 0 Å². The van der Waals surface area contributed by atoms with E-state index in [9.17, 15) is 13.5 Å². The zero-order valence-electron chi connectivity index (χ0n) is 10.0. The number of benzene rings is 2. The molecule has 0 fully saturated rings. The molecule has 0 aliphatic carbocycles. The lowest BCUT2D eigenvalue weighted by atomic mass is 10.1. The summed E-state index contributed by atoms with van der Waals surface area (Å²) in [7, 11) is -3.65. The summed E-state index contributed by atoms with van der Waals surface area (Å²) in [4.78, 5) is 0.0852. The molecule has 2 aromatic carbocycles. The van der Waals surface area contributed by atoms with E-state index in [0.717, 1.165) is 11.1 Å². The molecule has 0 radical (unpaired) electrons. The predicted octanol–water partition coefficient (Wildman–Crippen LogP) is 2.21. The molecule has 0 aliphatic rings. The van der Waals surface area contributed by atoms with Crippen LogP contribution in [0.5, 0.6) is 5.75 Å². The summed E-state index contributed by atoms with van der Waals surface area (Å²) in [5.41, 5.74) is 1.70. The average molecular weight is 275 g/mol. The highest BCUT2D eigenvalue weighted by Crippen LogP contribution is 2.15. The van der Waals surface area contributed by atoms with Crippen LogP contribution in [0.25, 0.3) is 12.2 Å². The van der Waals surface area contributed by atoms with Crippen LogP contribution in [-0.4, -0.2) is 13.5 Å². The molecule has 5 heteroatoms. The van der Waals surface area contributed by atoms with Crippen LogP contribution in [0.4, 0.5) is 0 Å². The van der Waals surface area contributed by atoms with E-state index < -0.39 is 10.0 Å². The highest BCUT2D eigenvalue weighted by Gasteiger charge is 2.05. The summed E-state index contributed by atoms with van der Waals surface area (Å²) in [5.74, 6) is 0.201. The first-order valence-electron chi connectivity index (χ1n) is 5.55. The Hall–Kier alpha value is -2.11. The largest absolute Gasteiger partial charge is 0.508 e. The minimum absolute atomic E-state index is 0.0852. The molecule has 0 saturated carbocycles. The van der Waals surface area contributed by atoms with E-state index >= 15 is 0 Å². The molecule has 0 bridgehead atoms. The molecule has 0 saturated heterocycles. The minimum atomic E-state index is -3.65. The van der Waals surface area contributed by atoms with Gasteiger partial charge in [-0.3, -0.25) is 0 Å². The summed E-state index contributed by atoms with van der Waals surface area (Å²) < 4.78 is 22.2. The number of phenols is 1. The third-order valence-electron chi connectivity index (χ3n) is 2.55. The fourth-order valence-electron chi connectivity index (χ4n) is 1.59. The van der Waals surface area contributed by atoms with Gasteiger partial charge in [0.05, 0.1) is 4.90 Å². The van der Waals surface area contributed by atoms with Gasteiger partial charge in [0.25, 0.3) is 0 Å². The second-order valence-electron chi connectivity index (χ2n) is 4.04. The van der Waals surface area contributed by atoms with Crippen molar-refractivity contribution in [2.45, 2.75) is 4.90 Å². The highest BCUT2D eigenvalue weighted by molar-refractivity contribution is 7.89. The zero-order valence-corrected chi connectivity index (χ0v) is 10.8. The van der Waals surface area contributed by atoms with Crippen LogP contribution < -0.4 is 5.14 Å². The molecule has 98 valence electrons. The van der Waals surface area contributed by atoms with Gasteiger partial charge in [0.1, 0.15) is 5.75 Å². The van der Waals surface area contributed by atoms with E-state index in [1.807, 2.05) is 18.2 Å². The van der Waals surface area contributed by atoms with E-state index in [1.54, 1.807) is 30.3 Å². The number of nitrogens with two attached hydrogens (primary N) is 1. The predicted molar refractivity (Wildman–Crippen MR) is 74.9 cm³/mol. The van der Waals surface area contributed by atoms with Crippen molar-refractivity contribution in [2.75, 3.05) is 0 Å². The molecule has 0 amide bonds. The Balaban J connectivity index is 2.20. The molecule has 0 heterocycles. The van der Waals surface area contributed by atoms with Crippen LogP contribution in [0.2, 0.25) is 0 Å². The summed E-state index contributed by atoms with van der Waals surface area (Å²) in [5, 5.41) is 14.3. The van der Waals surface area contributed by atoms with E-state index in [0.29, 0.717) is 0 Å². The number of rotatable bonds is 3. The fraction of sp³-hybridized carbons (Fsp3) is 0. The molecular formula is C14H13NO3S. The Kier molecular flexibility index (Phi) is 3.69. The molecule has 0 aliphatic heterocycles. The van der Waals surface area contributed by atoms with Gasteiger partial charge >= 0.3 is 0 Å². The third-order valence-corrected chi connectivity index (χ3v) is 3.48. The summed E-state index contributed by atoms with van der Waals surface area (Å²) in [6.45, 7) is 0. The van der Waals surface area contributed by atoms with Crippen molar-refractivity contribution in [2.24, 2.45) is 5.14 Å². The van der Waals surface area contributed by atoms with Gasteiger partial charge in [-0.05, 0) is 35.4 Å². The van der Waals surface area contributed by atoms with Gasteiger partial charge in [-0.2, -0.15) is 0 Å². The van der Waals surface area contributed by atoms with Crippen molar-refractivity contribution < 1.29 is 13.5 Å². The van der Waals surface area contributed by atoms with Crippen LogP contribution in [-0.2, 0) is 10.0 Å². The third kappa shape index (κ3) is 3.67. The van der Waals surface area contributed by atoms with Crippen molar-refractivity contribution >= 4 is 22.2 Å². The Morgan fingerprint density at radius 2 is 1.58 bits per heavy atom. The zero-order chi connectivity index (χ0) is 13.9. The molecule has 2 aromatic rings. The normalized spacial score (nSPS) is 11.8. The van der Waals surface area contributed by atoms with Crippen molar-refractivity contribution in [3.8, 4) is 5.75 Å². The standard InChI is InChI=1S/C14H13NO3S/c15-19(17,18)14-8-6-11(7-9-14)4-5-12-2-1-3-13(16)10-12/h1-10,16H,(H2,15,17,18)/b5-4+. The van der Waals surface area contributed by atoms with Crippen molar-refractivity contribution in [3.05, 3.63) is 59.7 Å². The van der Waals surface area contributed by atoms with Gasteiger partial charge in [0, 0.05) is 0 Å². The number of hydrogen-bond donors (Lipinski definition) is 2. The van der Waals surface area contributed by atoms with Crippen LogP contribution >= 0.6 is 0 Å². The van der Waals surface area contributed by atoms with Crippen molar-refractivity contribution in [3.63, 3.8) is 0 Å². The van der Waals surface area contributed by atoms with Crippen molar-refractivity contribution in [1.82, 2.24) is 0 Å². The first kappa shape index (κ1) is 13.3. The SMILES string of the molecule is NS(=O)(=O)c1ccc(/C=C/c2cccc(O)c2)cc1. The lowest BCUT2D eigenvalue weighted by Crippen LogP contribution is -2.11. The molecular weight excluding hydrogens is 262 g/mol. The molecule has 0 unspecified atom stereocenters. The Morgan fingerprint density at radius 1 is 0.947 bits per heavy atom. The van der Waals surface area contributed by atoms with E-state index in [1.165, 1.54) is 12.1 Å². The van der Waals surface area contributed by atoms with Crippen molar-refractivity contribution in [1.29, 1.82) is 0 Å². The van der Waals surface area contributed by atoms with Crippen LogP contribution in [0.3, 0.4) is 0 Å². The molecule has 4 nitrogen and oxygen atoms in total. The molecule has 19 heavy (non-hydrogen) atoms. The van der Waals surface area contributed by atoms with Gasteiger partial charge in [-0.1, -0.05) is 36.4 Å². The van der Waals surface area contributed by atoms with Gasteiger partial charge in [0.2, 0.25) is 10.0 Å². The number of phenolic OH excluding ortho intramolecular Hbond substituents is 1. The second kappa shape index (κ2) is 5.26. The summed E-state index contributed by atoms with van der Waals surface area (Å²) >= 11 is 0. The summed E-state index contributed by atoms with van der Waals surface area (Å²) in [6, 6.07) is 13.1. The van der Waals surface area contributed by atoms with Crippen LogP contribution in [0.15, 0.2) is 53.4 Å². The fourth-order valence-corrected chi connectivity index (χ4v) is 2.10. The summed E-state index contributed by atoms with van der Waals surface area (Å²) in [6.07, 6.45) is 3.65. The number of primary sulfonamides is 1. The van der Waals surface area contributed by atoms with Gasteiger partial charge in [-0.15, -0.1) is 0 Å². The lowest BCUT2D eigenvalue weighted by Gasteiger charge is -1.99. The molecule has 3 N–H and O–H groups in total. The Labute approximate surface area is 111 Å². The molecule has 0 atom stereocenters. The van der Waals surface area contributed by atoms with E-state index in [-0.39, 0.29) is 10.6 Å². The maximum Gasteiger partial charge on any atom is 0.238 e. The monoisotopic (exact) mass is 275 g/mol. The smallest absolute Gasteiger partial charge is 0.238 e. The molecule has 0 spiro atoms. The van der Waals surface area contributed by atoms with E-state index in [4.69, 9.17) is 5.14 Å². The maximum atomic E-state index is 11.1. The van der Waals surface area contributed by atoms with Gasteiger partial charge in [0.15, 0.2) is 0 Å². The first-order valence-corrected chi connectivity index (χ1v) is 7.10. The average Bonchev–Trinajstić information content (AvgIpc) is 2.36. The lowest BCUT2D eigenvalue weighted by molar-refractivity contribution is 0.475. The van der Waals surface area contributed by atoms with Gasteiger partial charge < -0.3 is 5.11 Å². The maximum absolute atomic E-state index is 11.1. The van der Waals surface area contributed by atoms with Crippen LogP contribution in [0.1, 0.15) is 11.1 Å². The molecule has 2 rings (SSSR count). The second-order valence-corrected chi connectivity index (χ2v) is 5.60. The topological polar surface area (TPSA) is 80.4 Å². The van der Waals surface area contributed by atoms with Gasteiger partial charge in [-0.25, -0.2) is 13.6 Å². The Bertz CT molecular complexity index is 704. The quantitative estimate of drug-likeness (QED) is 0.843. The van der Waals surface area contributed by atoms with Crippen LogP contribution in [0, 0.1) is 0 Å². The first-order chi connectivity index (χ1) is 8.95. The molecule has 0 aromatic heterocycles. The number of hydrogen-bond acceptors (Lipinski definition) is 3. The Morgan fingerprint density at radius 3 is 2.16 bits per heavy atom. The highest BCUT2D eigenvalue weighted by atomic mass is 32.2. The minimum Gasteiger partial charge on any atom is -0.508 e. The number of aromatic hydroxyl groups is 1.